The molecule has 2 atom stereocenters. The maximum Gasteiger partial charge on any atom is 0.136 e. The van der Waals surface area contributed by atoms with Crippen LogP contribution in [0.15, 0.2) is 6.07 Å². The Kier molecular flexibility index (Phi) is 2.88. The molecule has 1 saturated carbocycles. The number of aromatic nitrogens is 2. The molecule has 2 heterocycles. The second kappa shape index (κ2) is 4.41. The van der Waals surface area contributed by atoms with E-state index in [1.165, 1.54) is 25.7 Å². The zero-order valence-electron chi connectivity index (χ0n) is 11.3. The molecule has 1 aliphatic heterocycles. The van der Waals surface area contributed by atoms with Crippen LogP contribution >= 0.6 is 0 Å². The molecule has 1 aliphatic carbocycles. The summed E-state index contributed by atoms with van der Waals surface area (Å²) in [6, 6.07) is 2.48. The largest absolute Gasteiger partial charge is 0.384 e. The molecule has 1 aromatic rings. The molecule has 1 saturated heterocycles. The highest BCUT2D eigenvalue weighted by Crippen LogP contribution is 2.39. The fourth-order valence-electron chi connectivity index (χ4n) is 2.89. The van der Waals surface area contributed by atoms with Crippen molar-refractivity contribution in [2.45, 2.75) is 51.5 Å². The van der Waals surface area contributed by atoms with Gasteiger partial charge in [0.15, 0.2) is 0 Å². The standard InChI is InChI=1S/C14H22N4/c1-9-5-6-18(10(2)7-9)13-8-12(15)16-14(17-13)11-3-4-11/h8-11H,3-7H2,1-2H3,(H2,15,16,17). The van der Waals surface area contributed by atoms with E-state index in [0.29, 0.717) is 17.8 Å². The van der Waals surface area contributed by atoms with Crippen molar-refractivity contribution in [1.82, 2.24) is 9.97 Å². The lowest BCUT2D eigenvalue weighted by Gasteiger charge is -2.37. The van der Waals surface area contributed by atoms with Gasteiger partial charge in [-0.2, -0.15) is 0 Å². The SMILES string of the molecule is CC1CCN(c2cc(N)nc(C3CC3)n2)C(C)C1. The highest BCUT2D eigenvalue weighted by molar-refractivity contribution is 5.48. The van der Waals surface area contributed by atoms with E-state index in [1.807, 2.05) is 6.07 Å². The van der Waals surface area contributed by atoms with Gasteiger partial charge in [-0.25, -0.2) is 9.97 Å². The van der Waals surface area contributed by atoms with Crippen molar-refractivity contribution in [3.63, 3.8) is 0 Å². The van der Waals surface area contributed by atoms with E-state index in [1.54, 1.807) is 0 Å². The Hall–Kier alpha value is -1.32. The average molecular weight is 246 g/mol. The Labute approximate surface area is 109 Å². The molecule has 0 aromatic carbocycles. The molecular formula is C14H22N4. The van der Waals surface area contributed by atoms with Crippen LogP contribution in [0.4, 0.5) is 11.6 Å². The number of anilines is 2. The van der Waals surface area contributed by atoms with Crippen molar-refractivity contribution in [2.24, 2.45) is 5.92 Å². The molecule has 4 heteroatoms. The predicted octanol–water partition coefficient (Wildman–Crippen LogP) is 2.56. The smallest absolute Gasteiger partial charge is 0.136 e. The third-order valence-electron chi connectivity index (χ3n) is 4.12. The molecule has 2 aliphatic rings. The van der Waals surface area contributed by atoms with E-state index >= 15 is 0 Å². The Morgan fingerprint density at radius 1 is 1.22 bits per heavy atom. The summed E-state index contributed by atoms with van der Waals surface area (Å²) in [4.78, 5) is 11.5. The van der Waals surface area contributed by atoms with Crippen LogP contribution in [0.3, 0.4) is 0 Å². The number of piperidine rings is 1. The van der Waals surface area contributed by atoms with Gasteiger partial charge in [0.25, 0.3) is 0 Å². The monoisotopic (exact) mass is 246 g/mol. The average Bonchev–Trinajstić information content (AvgIpc) is 3.11. The van der Waals surface area contributed by atoms with E-state index in [-0.39, 0.29) is 0 Å². The van der Waals surface area contributed by atoms with Crippen LogP contribution in [0, 0.1) is 5.92 Å². The van der Waals surface area contributed by atoms with Crippen LogP contribution in [0.1, 0.15) is 51.3 Å². The molecule has 98 valence electrons. The first-order chi connectivity index (χ1) is 8.63. The van der Waals surface area contributed by atoms with Gasteiger partial charge in [-0.05, 0) is 38.5 Å². The normalized spacial score (nSPS) is 28.4. The second-order valence-electron chi connectivity index (χ2n) is 5.96. The summed E-state index contributed by atoms with van der Waals surface area (Å²) >= 11 is 0. The van der Waals surface area contributed by atoms with Crippen LogP contribution in [0.2, 0.25) is 0 Å². The lowest BCUT2D eigenvalue weighted by Crippen LogP contribution is -2.40. The number of nitrogen functional groups attached to an aromatic ring is 1. The van der Waals surface area contributed by atoms with Crippen molar-refractivity contribution in [1.29, 1.82) is 0 Å². The second-order valence-corrected chi connectivity index (χ2v) is 5.96. The Morgan fingerprint density at radius 2 is 2.00 bits per heavy atom. The number of rotatable bonds is 2. The third kappa shape index (κ3) is 2.28. The van der Waals surface area contributed by atoms with Gasteiger partial charge in [-0.1, -0.05) is 6.92 Å². The first kappa shape index (κ1) is 11.8. The topological polar surface area (TPSA) is 55.0 Å². The Bertz CT molecular complexity index is 441. The van der Waals surface area contributed by atoms with Gasteiger partial charge in [0.05, 0.1) is 0 Å². The third-order valence-corrected chi connectivity index (χ3v) is 4.12. The summed E-state index contributed by atoms with van der Waals surface area (Å²) in [6.45, 7) is 5.70. The van der Waals surface area contributed by atoms with Crippen molar-refractivity contribution in [3.05, 3.63) is 11.9 Å². The zero-order chi connectivity index (χ0) is 12.7. The van der Waals surface area contributed by atoms with E-state index in [0.717, 1.165) is 24.1 Å². The summed E-state index contributed by atoms with van der Waals surface area (Å²) in [5.41, 5.74) is 5.93. The summed E-state index contributed by atoms with van der Waals surface area (Å²) in [5, 5.41) is 0. The van der Waals surface area contributed by atoms with Gasteiger partial charge in [0.1, 0.15) is 17.5 Å². The van der Waals surface area contributed by atoms with E-state index in [4.69, 9.17) is 10.7 Å². The highest BCUT2D eigenvalue weighted by Gasteiger charge is 2.29. The molecule has 0 radical (unpaired) electrons. The lowest BCUT2D eigenvalue weighted by molar-refractivity contribution is 0.376. The minimum Gasteiger partial charge on any atom is -0.384 e. The molecular weight excluding hydrogens is 224 g/mol. The summed E-state index contributed by atoms with van der Waals surface area (Å²) < 4.78 is 0. The minimum absolute atomic E-state index is 0.551. The first-order valence-corrected chi connectivity index (χ1v) is 7.04. The molecule has 0 spiro atoms. The summed E-state index contributed by atoms with van der Waals surface area (Å²) in [5.74, 6) is 3.98. The summed E-state index contributed by atoms with van der Waals surface area (Å²) in [6.07, 6.45) is 4.92. The van der Waals surface area contributed by atoms with E-state index < -0.39 is 0 Å². The Balaban J connectivity index is 1.86. The number of hydrogen-bond donors (Lipinski definition) is 1. The summed E-state index contributed by atoms with van der Waals surface area (Å²) in [7, 11) is 0. The molecule has 4 nitrogen and oxygen atoms in total. The molecule has 3 rings (SSSR count). The zero-order valence-corrected chi connectivity index (χ0v) is 11.3. The molecule has 2 fully saturated rings. The minimum atomic E-state index is 0.551. The molecule has 1 aromatic heterocycles. The van der Waals surface area contributed by atoms with E-state index in [9.17, 15) is 0 Å². The van der Waals surface area contributed by atoms with Crippen LogP contribution in [0.5, 0.6) is 0 Å². The predicted molar refractivity (Wildman–Crippen MR) is 73.6 cm³/mol. The maximum atomic E-state index is 5.93. The van der Waals surface area contributed by atoms with Crippen LogP contribution < -0.4 is 10.6 Å². The number of nitrogens with zero attached hydrogens (tertiary/aromatic N) is 3. The molecule has 0 amide bonds. The highest BCUT2D eigenvalue weighted by atomic mass is 15.2. The van der Waals surface area contributed by atoms with Gasteiger partial charge >= 0.3 is 0 Å². The first-order valence-electron chi connectivity index (χ1n) is 7.04. The van der Waals surface area contributed by atoms with Gasteiger partial charge in [-0.3, -0.25) is 0 Å². The van der Waals surface area contributed by atoms with Crippen LogP contribution in [-0.4, -0.2) is 22.6 Å². The van der Waals surface area contributed by atoms with Gasteiger partial charge in [0.2, 0.25) is 0 Å². The maximum absolute atomic E-state index is 5.93. The number of hydrogen-bond acceptors (Lipinski definition) is 4. The van der Waals surface area contributed by atoms with Crippen molar-refractivity contribution in [3.8, 4) is 0 Å². The fourth-order valence-corrected chi connectivity index (χ4v) is 2.89. The van der Waals surface area contributed by atoms with Gasteiger partial charge in [-0.15, -0.1) is 0 Å². The quantitative estimate of drug-likeness (QED) is 0.871. The van der Waals surface area contributed by atoms with Crippen LogP contribution in [-0.2, 0) is 0 Å². The molecule has 0 bridgehead atoms. The van der Waals surface area contributed by atoms with Crippen molar-refractivity contribution < 1.29 is 0 Å². The molecule has 2 unspecified atom stereocenters. The van der Waals surface area contributed by atoms with Gasteiger partial charge in [0, 0.05) is 24.6 Å². The Morgan fingerprint density at radius 3 is 2.67 bits per heavy atom. The van der Waals surface area contributed by atoms with Crippen molar-refractivity contribution >= 4 is 11.6 Å². The van der Waals surface area contributed by atoms with Crippen LogP contribution in [0.25, 0.3) is 0 Å². The van der Waals surface area contributed by atoms with Crippen molar-refractivity contribution in [2.75, 3.05) is 17.2 Å². The molecule has 18 heavy (non-hydrogen) atoms. The molecule has 2 N–H and O–H groups in total. The number of nitrogens with two attached hydrogens (primary N) is 1. The van der Waals surface area contributed by atoms with E-state index in [2.05, 4.69) is 23.7 Å². The fraction of sp³-hybridized carbons (Fsp3) is 0.714. The van der Waals surface area contributed by atoms with Gasteiger partial charge < -0.3 is 10.6 Å². The lowest BCUT2D eigenvalue weighted by atomic mass is 9.93.